The number of hydrogen-bond acceptors (Lipinski definition) is 3. The van der Waals surface area contributed by atoms with Crippen molar-refractivity contribution >= 4 is 5.91 Å². The van der Waals surface area contributed by atoms with E-state index < -0.39 is 0 Å². The van der Waals surface area contributed by atoms with E-state index in [2.05, 4.69) is 67.1 Å². The average Bonchev–Trinajstić information content (AvgIpc) is 2.55. The Balaban J connectivity index is 1.71. The Labute approximate surface area is 147 Å². The predicted molar refractivity (Wildman–Crippen MR) is 100 cm³/mol. The number of carbonyl (C=O) groups is 1. The van der Waals surface area contributed by atoms with Crippen LogP contribution in [0.2, 0.25) is 0 Å². The molecule has 0 saturated carbocycles. The number of carbonyl (C=O) groups excluding carboxylic acids is 1. The van der Waals surface area contributed by atoms with Gasteiger partial charge in [-0.3, -0.25) is 14.6 Å². The molecule has 0 aromatic heterocycles. The highest BCUT2D eigenvalue weighted by Crippen LogP contribution is 2.16. The molecule has 1 saturated heterocycles. The lowest BCUT2D eigenvalue weighted by atomic mass is 10.0. The Morgan fingerprint density at radius 3 is 2.12 bits per heavy atom. The summed E-state index contributed by atoms with van der Waals surface area (Å²) in [5, 5.41) is 3.00. The molecule has 0 unspecified atom stereocenters. The molecule has 1 fully saturated rings. The lowest BCUT2D eigenvalue weighted by Gasteiger charge is -2.34. The van der Waals surface area contributed by atoms with Crippen molar-refractivity contribution in [3.63, 3.8) is 0 Å². The molecule has 0 bridgehead atoms. The molecule has 1 aromatic carbocycles. The Morgan fingerprint density at radius 2 is 1.58 bits per heavy atom. The van der Waals surface area contributed by atoms with E-state index in [0.29, 0.717) is 18.4 Å². The van der Waals surface area contributed by atoms with Gasteiger partial charge in [0, 0.05) is 39.3 Å². The number of benzene rings is 1. The maximum atomic E-state index is 11.9. The van der Waals surface area contributed by atoms with Crippen LogP contribution in [0.4, 0.5) is 0 Å². The van der Waals surface area contributed by atoms with Crippen LogP contribution in [-0.4, -0.2) is 55.0 Å². The highest BCUT2D eigenvalue weighted by Gasteiger charge is 2.19. The maximum absolute atomic E-state index is 11.9. The Kier molecular flexibility index (Phi) is 7.25. The van der Waals surface area contributed by atoms with E-state index in [1.807, 2.05) is 0 Å². The number of hydrogen-bond donors (Lipinski definition) is 1. The molecule has 1 aliphatic rings. The molecule has 1 amide bonds. The molecular formula is C20H33N3O. The first-order valence-corrected chi connectivity index (χ1v) is 9.24. The van der Waals surface area contributed by atoms with Crippen molar-refractivity contribution in [3.05, 3.63) is 35.4 Å². The summed E-state index contributed by atoms with van der Waals surface area (Å²) in [4.78, 5) is 16.6. The summed E-state index contributed by atoms with van der Waals surface area (Å²) in [6, 6.07) is 8.99. The second kappa shape index (κ2) is 9.19. The lowest BCUT2D eigenvalue weighted by molar-refractivity contribution is -0.122. The smallest absolute Gasteiger partial charge is 0.234 e. The summed E-state index contributed by atoms with van der Waals surface area (Å²) in [6.07, 6.45) is 0. The molecule has 4 nitrogen and oxygen atoms in total. The summed E-state index contributed by atoms with van der Waals surface area (Å²) in [5.41, 5.74) is 2.78. The minimum absolute atomic E-state index is 0.154. The van der Waals surface area contributed by atoms with Gasteiger partial charge in [-0.05, 0) is 23.0 Å². The number of nitrogens with zero attached hydrogens (tertiary/aromatic N) is 2. The summed E-state index contributed by atoms with van der Waals surface area (Å²) in [5.74, 6) is 1.25. The summed E-state index contributed by atoms with van der Waals surface area (Å²) in [6.45, 7) is 15.0. The van der Waals surface area contributed by atoms with E-state index in [4.69, 9.17) is 0 Å². The third-order valence-electron chi connectivity index (χ3n) is 4.59. The first-order valence-electron chi connectivity index (χ1n) is 9.24. The predicted octanol–water partition coefficient (Wildman–Crippen LogP) is 2.70. The minimum atomic E-state index is 0.154. The van der Waals surface area contributed by atoms with Crippen molar-refractivity contribution in [2.45, 2.75) is 40.2 Å². The summed E-state index contributed by atoms with van der Waals surface area (Å²) in [7, 11) is 0. The van der Waals surface area contributed by atoms with Gasteiger partial charge >= 0.3 is 0 Å². The van der Waals surface area contributed by atoms with E-state index in [-0.39, 0.29) is 5.91 Å². The maximum Gasteiger partial charge on any atom is 0.234 e. The van der Waals surface area contributed by atoms with Gasteiger partial charge < -0.3 is 5.32 Å². The van der Waals surface area contributed by atoms with Crippen LogP contribution in [0.5, 0.6) is 0 Å². The largest absolute Gasteiger partial charge is 0.355 e. The second-order valence-corrected chi connectivity index (χ2v) is 7.65. The SMILES string of the molecule is CC(C)CNC(=O)CN1CCN(Cc2ccc(C(C)C)cc2)CC1. The molecule has 2 rings (SSSR count). The Bertz CT molecular complexity index is 502. The van der Waals surface area contributed by atoms with E-state index in [9.17, 15) is 4.79 Å². The number of piperazine rings is 1. The van der Waals surface area contributed by atoms with Gasteiger partial charge in [-0.1, -0.05) is 52.0 Å². The molecule has 1 aromatic rings. The van der Waals surface area contributed by atoms with E-state index in [1.54, 1.807) is 0 Å². The number of rotatable bonds is 7. The van der Waals surface area contributed by atoms with E-state index in [1.165, 1.54) is 11.1 Å². The van der Waals surface area contributed by atoms with Gasteiger partial charge in [-0.2, -0.15) is 0 Å². The molecule has 1 heterocycles. The van der Waals surface area contributed by atoms with Gasteiger partial charge in [0.05, 0.1) is 6.54 Å². The fourth-order valence-corrected chi connectivity index (χ4v) is 2.95. The first kappa shape index (κ1) is 18.9. The Hall–Kier alpha value is -1.39. The third kappa shape index (κ3) is 6.25. The zero-order chi connectivity index (χ0) is 17.5. The summed E-state index contributed by atoms with van der Waals surface area (Å²) < 4.78 is 0. The van der Waals surface area contributed by atoms with Crippen molar-refractivity contribution in [3.8, 4) is 0 Å². The zero-order valence-electron chi connectivity index (χ0n) is 15.7. The van der Waals surface area contributed by atoms with Gasteiger partial charge in [0.2, 0.25) is 5.91 Å². The quantitative estimate of drug-likeness (QED) is 0.834. The van der Waals surface area contributed by atoms with Crippen LogP contribution < -0.4 is 5.32 Å². The fraction of sp³-hybridized carbons (Fsp3) is 0.650. The van der Waals surface area contributed by atoms with Gasteiger partial charge in [-0.15, -0.1) is 0 Å². The van der Waals surface area contributed by atoms with Crippen LogP contribution in [0.25, 0.3) is 0 Å². The molecule has 1 aliphatic heterocycles. The minimum Gasteiger partial charge on any atom is -0.355 e. The second-order valence-electron chi connectivity index (χ2n) is 7.65. The van der Waals surface area contributed by atoms with Crippen molar-refractivity contribution in [2.24, 2.45) is 5.92 Å². The van der Waals surface area contributed by atoms with Crippen molar-refractivity contribution < 1.29 is 4.79 Å². The highest BCUT2D eigenvalue weighted by molar-refractivity contribution is 5.78. The molecule has 0 radical (unpaired) electrons. The molecule has 134 valence electrons. The molecule has 0 aliphatic carbocycles. The van der Waals surface area contributed by atoms with Crippen LogP contribution in [0.1, 0.15) is 44.7 Å². The standard InChI is InChI=1S/C20H33N3O/c1-16(2)13-21-20(24)15-23-11-9-22(10-12-23)14-18-5-7-19(8-6-18)17(3)4/h5-8,16-17H,9-15H2,1-4H3,(H,21,24). The van der Waals surface area contributed by atoms with Crippen molar-refractivity contribution in [1.82, 2.24) is 15.1 Å². The highest BCUT2D eigenvalue weighted by atomic mass is 16.2. The van der Waals surface area contributed by atoms with Crippen LogP contribution in [0.3, 0.4) is 0 Å². The third-order valence-corrected chi connectivity index (χ3v) is 4.59. The summed E-state index contributed by atoms with van der Waals surface area (Å²) >= 11 is 0. The van der Waals surface area contributed by atoms with Crippen LogP contribution in [0.15, 0.2) is 24.3 Å². The lowest BCUT2D eigenvalue weighted by Crippen LogP contribution is -2.49. The molecule has 0 atom stereocenters. The van der Waals surface area contributed by atoms with E-state index >= 15 is 0 Å². The van der Waals surface area contributed by atoms with Gasteiger partial charge in [0.15, 0.2) is 0 Å². The van der Waals surface area contributed by atoms with Gasteiger partial charge in [-0.25, -0.2) is 0 Å². The van der Waals surface area contributed by atoms with Crippen LogP contribution in [-0.2, 0) is 11.3 Å². The normalized spacial score (nSPS) is 16.8. The fourth-order valence-electron chi connectivity index (χ4n) is 2.95. The monoisotopic (exact) mass is 331 g/mol. The van der Waals surface area contributed by atoms with Gasteiger partial charge in [0.1, 0.15) is 0 Å². The first-order chi connectivity index (χ1) is 11.4. The molecule has 0 spiro atoms. The molecular weight excluding hydrogens is 298 g/mol. The van der Waals surface area contributed by atoms with E-state index in [0.717, 1.165) is 39.3 Å². The van der Waals surface area contributed by atoms with Crippen LogP contribution >= 0.6 is 0 Å². The zero-order valence-corrected chi connectivity index (χ0v) is 15.7. The average molecular weight is 332 g/mol. The Morgan fingerprint density at radius 1 is 1.00 bits per heavy atom. The van der Waals surface area contributed by atoms with Crippen molar-refractivity contribution in [2.75, 3.05) is 39.3 Å². The van der Waals surface area contributed by atoms with Crippen molar-refractivity contribution in [1.29, 1.82) is 0 Å². The van der Waals surface area contributed by atoms with Gasteiger partial charge in [0.25, 0.3) is 0 Å². The number of nitrogens with one attached hydrogen (secondary N) is 1. The van der Waals surface area contributed by atoms with Crippen LogP contribution in [0, 0.1) is 5.92 Å². The number of amides is 1. The topological polar surface area (TPSA) is 35.6 Å². The molecule has 24 heavy (non-hydrogen) atoms. The molecule has 4 heteroatoms. The molecule has 1 N–H and O–H groups in total.